The lowest BCUT2D eigenvalue weighted by atomic mass is 10.2. The number of nitrogens with one attached hydrogen (secondary N) is 1. The first kappa shape index (κ1) is 14.6. The highest BCUT2D eigenvalue weighted by Gasteiger charge is 2.05. The molecular weight excluding hydrogens is 266 g/mol. The first-order valence-electron chi connectivity index (χ1n) is 6.55. The Hall–Kier alpha value is -2.82. The second kappa shape index (κ2) is 7.69. The van der Waals surface area contributed by atoms with Crippen LogP contribution in [0.5, 0.6) is 5.75 Å². The van der Waals surface area contributed by atoms with Gasteiger partial charge in [-0.1, -0.05) is 42.5 Å². The van der Waals surface area contributed by atoms with Gasteiger partial charge in [-0.2, -0.15) is 5.10 Å². The van der Waals surface area contributed by atoms with Gasteiger partial charge in [-0.05, 0) is 17.7 Å². The molecule has 0 aliphatic heterocycles. The number of rotatable bonds is 6. The predicted molar refractivity (Wildman–Crippen MR) is 82.0 cm³/mol. The van der Waals surface area contributed by atoms with Gasteiger partial charge in [0.2, 0.25) is 0 Å². The molecule has 3 N–H and O–H groups in total. The van der Waals surface area contributed by atoms with Crippen LogP contribution >= 0.6 is 0 Å². The predicted octanol–water partition coefficient (Wildman–Crippen LogP) is 1.67. The number of carbonyl (C=O) groups is 1. The molecule has 0 aromatic heterocycles. The van der Waals surface area contributed by atoms with Crippen LogP contribution in [0.2, 0.25) is 0 Å². The van der Waals surface area contributed by atoms with Gasteiger partial charge in [0.15, 0.2) is 6.61 Å². The fourth-order valence-corrected chi connectivity index (χ4v) is 1.79. The van der Waals surface area contributed by atoms with Crippen molar-refractivity contribution in [2.24, 2.45) is 10.9 Å². The molecular formula is C16H17N3O2. The van der Waals surface area contributed by atoms with E-state index >= 15 is 0 Å². The monoisotopic (exact) mass is 283 g/mol. The number of amides is 1. The van der Waals surface area contributed by atoms with Crippen molar-refractivity contribution in [3.05, 3.63) is 65.7 Å². The van der Waals surface area contributed by atoms with E-state index in [9.17, 15) is 4.79 Å². The number of hydrazone groups is 1. The summed E-state index contributed by atoms with van der Waals surface area (Å²) in [5.41, 5.74) is 1.78. The van der Waals surface area contributed by atoms with Gasteiger partial charge in [0.05, 0.1) is 6.21 Å². The fourth-order valence-electron chi connectivity index (χ4n) is 1.79. The first-order valence-corrected chi connectivity index (χ1v) is 6.55. The smallest absolute Gasteiger partial charge is 0.258 e. The molecule has 0 radical (unpaired) electrons. The second-order valence-corrected chi connectivity index (χ2v) is 4.37. The normalized spacial score (nSPS) is 10.5. The molecule has 0 aliphatic rings. The maximum Gasteiger partial charge on any atom is 0.258 e. The van der Waals surface area contributed by atoms with E-state index in [0.717, 1.165) is 11.1 Å². The van der Waals surface area contributed by atoms with Crippen LogP contribution in [0.1, 0.15) is 11.1 Å². The Labute approximate surface area is 123 Å². The third-order valence-corrected chi connectivity index (χ3v) is 2.82. The summed E-state index contributed by atoms with van der Waals surface area (Å²) in [6, 6.07) is 17.0. The average Bonchev–Trinajstić information content (AvgIpc) is 2.53. The van der Waals surface area contributed by atoms with Crippen molar-refractivity contribution in [3.8, 4) is 5.75 Å². The first-order chi connectivity index (χ1) is 10.3. The van der Waals surface area contributed by atoms with Crippen molar-refractivity contribution >= 4 is 12.1 Å². The van der Waals surface area contributed by atoms with E-state index in [2.05, 4.69) is 10.4 Å². The van der Waals surface area contributed by atoms with Gasteiger partial charge >= 0.3 is 0 Å². The minimum absolute atomic E-state index is 0.0533. The second-order valence-electron chi connectivity index (χ2n) is 4.37. The summed E-state index contributed by atoms with van der Waals surface area (Å²) >= 11 is 0. The van der Waals surface area contributed by atoms with Crippen molar-refractivity contribution < 1.29 is 9.53 Å². The molecule has 5 nitrogen and oxygen atoms in total. The van der Waals surface area contributed by atoms with E-state index in [-0.39, 0.29) is 12.5 Å². The summed E-state index contributed by atoms with van der Waals surface area (Å²) in [6.45, 7) is 0.428. The summed E-state index contributed by atoms with van der Waals surface area (Å²) in [4.78, 5) is 11.8. The minimum Gasteiger partial charge on any atom is -0.483 e. The van der Waals surface area contributed by atoms with E-state index in [1.165, 1.54) is 6.21 Å². The Morgan fingerprint density at radius 3 is 2.62 bits per heavy atom. The van der Waals surface area contributed by atoms with E-state index in [4.69, 9.17) is 10.6 Å². The Kier molecular flexibility index (Phi) is 5.34. The van der Waals surface area contributed by atoms with Crippen LogP contribution in [-0.4, -0.2) is 18.7 Å². The van der Waals surface area contributed by atoms with Crippen LogP contribution in [0.25, 0.3) is 0 Å². The Bertz CT molecular complexity index is 612. The highest BCUT2D eigenvalue weighted by Crippen LogP contribution is 2.15. The van der Waals surface area contributed by atoms with Crippen LogP contribution in [0.3, 0.4) is 0 Å². The zero-order valence-electron chi connectivity index (χ0n) is 11.5. The third-order valence-electron chi connectivity index (χ3n) is 2.82. The third kappa shape index (κ3) is 4.65. The number of hydrogen-bond donors (Lipinski definition) is 2. The highest BCUT2D eigenvalue weighted by atomic mass is 16.5. The highest BCUT2D eigenvalue weighted by molar-refractivity contribution is 5.83. The molecule has 0 unspecified atom stereocenters. The van der Waals surface area contributed by atoms with Gasteiger partial charge in [-0.25, -0.2) is 0 Å². The van der Waals surface area contributed by atoms with Gasteiger partial charge < -0.3 is 15.9 Å². The number of carbonyl (C=O) groups excluding carboxylic acids is 1. The van der Waals surface area contributed by atoms with E-state index in [1.807, 2.05) is 48.5 Å². The van der Waals surface area contributed by atoms with E-state index in [1.54, 1.807) is 6.07 Å². The quantitative estimate of drug-likeness (QED) is 0.481. The molecule has 0 fully saturated rings. The lowest BCUT2D eigenvalue weighted by molar-refractivity contribution is -0.123. The summed E-state index contributed by atoms with van der Waals surface area (Å²) in [7, 11) is 0. The minimum atomic E-state index is -0.182. The van der Waals surface area contributed by atoms with Crippen molar-refractivity contribution in [2.75, 3.05) is 6.61 Å². The van der Waals surface area contributed by atoms with Crippen LogP contribution in [0.4, 0.5) is 0 Å². The Morgan fingerprint density at radius 2 is 1.86 bits per heavy atom. The molecule has 108 valence electrons. The van der Waals surface area contributed by atoms with Crippen molar-refractivity contribution in [1.29, 1.82) is 0 Å². The molecule has 0 saturated heterocycles. The topological polar surface area (TPSA) is 76.7 Å². The molecule has 1 amide bonds. The van der Waals surface area contributed by atoms with E-state index in [0.29, 0.717) is 12.3 Å². The molecule has 2 rings (SSSR count). The molecule has 0 heterocycles. The van der Waals surface area contributed by atoms with Gasteiger partial charge in [0.25, 0.3) is 5.91 Å². The SMILES string of the molecule is NN=Cc1ccccc1OCC(=O)NCc1ccccc1. The summed E-state index contributed by atoms with van der Waals surface area (Å²) < 4.78 is 5.48. The van der Waals surface area contributed by atoms with Crippen molar-refractivity contribution in [3.63, 3.8) is 0 Å². The van der Waals surface area contributed by atoms with Gasteiger partial charge in [0.1, 0.15) is 5.75 Å². The molecule has 0 aliphatic carbocycles. The van der Waals surface area contributed by atoms with Crippen LogP contribution < -0.4 is 15.9 Å². The largest absolute Gasteiger partial charge is 0.483 e. The number of nitrogens with zero attached hydrogens (tertiary/aromatic N) is 1. The zero-order valence-corrected chi connectivity index (χ0v) is 11.5. The average molecular weight is 283 g/mol. The van der Waals surface area contributed by atoms with Gasteiger partial charge in [0, 0.05) is 12.1 Å². The Morgan fingerprint density at radius 1 is 1.14 bits per heavy atom. The maximum absolute atomic E-state index is 11.8. The number of para-hydroxylation sites is 1. The summed E-state index contributed by atoms with van der Waals surface area (Å²) in [5.74, 6) is 5.52. The molecule has 0 saturated carbocycles. The number of nitrogens with two attached hydrogens (primary N) is 1. The van der Waals surface area contributed by atoms with Crippen molar-refractivity contribution in [1.82, 2.24) is 5.32 Å². The Balaban J connectivity index is 1.84. The van der Waals surface area contributed by atoms with Crippen LogP contribution in [0.15, 0.2) is 59.7 Å². The summed E-state index contributed by atoms with van der Waals surface area (Å²) in [6.07, 6.45) is 1.48. The lowest BCUT2D eigenvalue weighted by Crippen LogP contribution is -2.28. The number of ether oxygens (including phenoxy) is 1. The standard InChI is InChI=1S/C16H17N3O2/c17-19-11-14-8-4-5-9-15(14)21-12-16(20)18-10-13-6-2-1-3-7-13/h1-9,11H,10,12,17H2,(H,18,20). The molecule has 0 bridgehead atoms. The van der Waals surface area contributed by atoms with Crippen molar-refractivity contribution in [2.45, 2.75) is 6.54 Å². The molecule has 21 heavy (non-hydrogen) atoms. The van der Waals surface area contributed by atoms with Crippen LogP contribution in [-0.2, 0) is 11.3 Å². The van der Waals surface area contributed by atoms with Gasteiger partial charge in [-0.15, -0.1) is 0 Å². The van der Waals surface area contributed by atoms with E-state index < -0.39 is 0 Å². The molecule has 2 aromatic rings. The molecule has 2 aromatic carbocycles. The maximum atomic E-state index is 11.8. The molecule has 0 spiro atoms. The fraction of sp³-hybridized carbons (Fsp3) is 0.125. The zero-order chi connectivity index (χ0) is 14.9. The van der Waals surface area contributed by atoms with Gasteiger partial charge in [-0.3, -0.25) is 4.79 Å². The number of benzene rings is 2. The molecule has 0 atom stereocenters. The molecule has 5 heteroatoms. The lowest BCUT2D eigenvalue weighted by Gasteiger charge is -2.09. The summed E-state index contributed by atoms with van der Waals surface area (Å²) in [5, 5.41) is 6.26. The van der Waals surface area contributed by atoms with Crippen LogP contribution in [0, 0.1) is 0 Å². The number of hydrogen-bond acceptors (Lipinski definition) is 4.